The molecule has 3 heterocycles. The van der Waals surface area contributed by atoms with Crippen LogP contribution in [0, 0.1) is 11.3 Å². The number of rotatable bonds is 4. The van der Waals surface area contributed by atoms with Crippen LogP contribution in [0.25, 0.3) is 0 Å². The third-order valence-corrected chi connectivity index (χ3v) is 7.82. The van der Waals surface area contributed by atoms with Crippen molar-refractivity contribution in [3.05, 3.63) is 0 Å². The van der Waals surface area contributed by atoms with Crippen molar-refractivity contribution < 1.29 is 0 Å². The van der Waals surface area contributed by atoms with Gasteiger partial charge in [-0.15, -0.1) is 0 Å². The molecule has 0 atom stereocenters. The van der Waals surface area contributed by atoms with Gasteiger partial charge in [-0.05, 0) is 89.9 Å². The molecule has 1 aliphatic carbocycles. The number of nitrogens with one attached hydrogen (secondary N) is 1. The number of piperazine rings is 1. The molecular weight excluding hydrogens is 308 g/mol. The monoisotopic (exact) mass is 348 g/mol. The molecule has 4 rings (SSSR count). The molecule has 0 bridgehead atoms. The number of likely N-dealkylation sites (tertiary alicyclic amines) is 1. The molecule has 4 nitrogen and oxygen atoms in total. The smallest absolute Gasteiger partial charge is 0.0113 e. The second kappa shape index (κ2) is 7.84. The molecule has 0 aromatic rings. The number of nitrogens with zero attached hydrogens (tertiary/aromatic N) is 3. The molecule has 0 unspecified atom stereocenters. The van der Waals surface area contributed by atoms with Crippen LogP contribution >= 0.6 is 0 Å². The maximum absolute atomic E-state index is 3.50. The summed E-state index contributed by atoms with van der Waals surface area (Å²) in [4.78, 5) is 8.24. The number of hydrogen-bond acceptors (Lipinski definition) is 4. The van der Waals surface area contributed by atoms with Crippen molar-refractivity contribution >= 4 is 0 Å². The van der Waals surface area contributed by atoms with Crippen molar-refractivity contribution in [3.63, 3.8) is 0 Å². The average molecular weight is 349 g/mol. The lowest BCUT2D eigenvalue weighted by molar-refractivity contribution is -0.0593. The fourth-order valence-electron chi connectivity index (χ4n) is 5.86. The van der Waals surface area contributed by atoms with Crippen LogP contribution in [0.5, 0.6) is 0 Å². The average Bonchev–Trinajstić information content (AvgIpc) is 2.62. The molecule has 0 radical (unpaired) electrons. The minimum atomic E-state index is 0.721. The summed E-state index contributed by atoms with van der Waals surface area (Å²) < 4.78 is 0. The fraction of sp³-hybridized carbons (Fsp3) is 1.00. The van der Waals surface area contributed by atoms with E-state index in [-0.39, 0.29) is 0 Å². The molecule has 0 aromatic carbocycles. The van der Waals surface area contributed by atoms with Crippen LogP contribution in [0.15, 0.2) is 0 Å². The molecule has 4 fully saturated rings. The first-order valence-corrected chi connectivity index (χ1v) is 11.0. The Labute approximate surface area is 155 Å². The summed E-state index contributed by atoms with van der Waals surface area (Å²) in [6.45, 7) is 16.5. The van der Waals surface area contributed by atoms with Crippen LogP contribution in [0.3, 0.4) is 0 Å². The van der Waals surface area contributed by atoms with Gasteiger partial charge in [0.05, 0.1) is 0 Å². The van der Waals surface area contributed by atoms with Crippen LogP contribution in [0.1, 0.15) is 52.4 Å². The third-order valence-electron chi connectivity index (χ3n) is 7.82. The van der Waals surface area contributed by atoms with E-state index in [2.05, 4.69) is 33.9 Å². The first-order chi connectivity index (χ1) is 12.1. The van der Waals surface area contributed by atoms with E-state index in [1.165, 1.54) is 97.4 Å². The zero-order valence-electron chi connectivity index (χ0n) is 16.7. The topological polar surface area (TPSA) is 21.8 Å². The van der Waals surface area contributed by atoms with E-state index in [0.29, 0.717) is 0 Å². The van der Waals surface area contributed by atoms with E-state index in [4.69, 9.17) is 0 Å². The third kappa shape index (κ3) is 4.23. The summed E-state index contributed by atoms with van der Waals surface area (Å²) in [5, 5.41) is 3.50. The van der Waals surface area contributed by atoms with Crippen molar-refractivity contribution in [2.75, 3.05) is 58.9 Å². The Morgan fingerprint density at radius 1 is 0.920 bits per heavy atom. The quantitative estimate of drug-likeness (QED) is 0.841. The van der Waals surface area contributed by atoms with Gasteiger partial charge in [0, 0.05) is 44.8 Å². The maximum atomic E-state index is 3.50. The maximum Gasteiger partial charge on any atom is 0.0113 e. The normalized spacial score (nSPS) is 30.8. The molecule has 1 saturated carbocycles. The van der Waals surface area contributed by atoms with E-state index < -0.39 is 0 Å². The van der Waals surface area contributed by atoms with Gasteiger partial charge < -0.3 is 10.2 Å². The largest absolute Gasteiger partial charge is 0.317 e. The van der Waals surface area contributed by atoms with E-state index in [9.17, 15) is 0 Å². The van der Waals surface area contributed by atoms with Crippen molar-refractivity contribution in [1.82, 2.24) is 20.0 Å². The fourth-order valence-corrected chi connectivity index (χ4v) is 5.86. The Balaban J connectivity index is 1.17. The molecule has 0 aromatic heterocycles. The standard InChI is InChI=1S/C21H40N4/c1-18(2)24-11-13-25(14-12-24)20-15-21(16-20)5-9-23(10-6-21)17-19-3-7-22-8-4-19/h18-20,22H,3-17H2,1-2H3. The summed E-state index contributed by atoms with van der Waals surface area (Å²) in [6, 6.07) is 1.63. The highest BCUT2D eigenvalue weighted by Crippen LogP contribution is 2.51. The molecule has 3 saturated heterocycles. The van der Waals surface area contributed by atoms with Gasteiger partial charge in [0.15, 0.2) is 0 Å². The summed E-state index contributed by atoms with van der Waals surface area (Å²) in [5.41, 5.74) is 0.727. The molecule has 0 amide bonds. The Bertz CT molecular complexity index is 408. The predicted molar refractivity (Wildman–Crippen MR) is 105 cm³/mol. The molecule has 3 aliphatic heterocycles. The van der Waals surface area contributed by atoms with E-state index in [0.717, 1.165) is 23.4 Å². The summed E-state index contributed by atoms with van der Waals surface area (Å²) in [7, 11) is 0. The van der Waals surface area contributed by atoms with E-state index in [1.807, 2.05) is 0 Å². The number of piperidine rings is 2. The summed E-state index contributed by atoms with van der Waals surface area (Å²) in [5.74, 6) is 0.960. The number of hydrogen-bond donors (Lipinski definition) is 1. The van der Waals surface area contributed by atoms with Gasteiger partial charge >= 0.3 is 0 Å². The minimum absolute atomic E-state index is 0.721. The zero-order chi connectivity index (χ0) is 17.3. The Hall–Kier alpha value is -0.160. The second-order valence-electron chi connectivity index (χ2n) is 9.72. The lowest BCUT2D eigenvalue weighted by Crippen LogP contribution is -2.59. The molecule has 1 spiro atoms. The minimum Gasteiger partial charge on any atom is -0.317 e. The van der Waals surface area contributed by atoms with E-state index >= 15 is 0 Å². The van der Waals surface area contributed by atoms with Gasteiger partial charge in [0.25, 0.3) is 0 Å². The highest BCUT2D eigenvalue weighted by molar-refractivity contribution is 5.02. The van der Waals surface area contributed by atoms with Crippen LogP contribution in [0.2, 0.25) is 0 Å². The van der Waals surface area contributed by atoms with Crippen molar-refractivity contribution in [2.24, 2.45) is 11.3 Å². The zero-order valence-corrected chi connectivity index (χ0v) is 16.7. The summed E-state index contributed by atoms with van der Waals surface area (Å²) >= 11 is 0. The SMILES string of the molecule is CC(C)N1CCN(C2CC3(CCN(CC4CCNCC4)CC3)C2)CC1. The van der Waals surface area contributed by atoms with Crippen molar-refractivity contribution in [1.29, 1.82) is 0 Å². The van der Waals surface area contributed by atoms with E-state index in [1.54, 1.807) is 0 Å². The lowest BCUT2D eigenvalue weighted by Gasteiger charge is -2.56. The highest BCUT2D eigenvalue weighted by Gasteiger charge is 2.48. The molecule has 4 heteroatoms. The van der Waals surface area contributed by atoms with Crippen LogP contribution in [0.4, 0.5) is 0 Å². The Morgan fingerprint density at radius 2 is 1.56 bits per heavy atom. The Kier molecular flexibility index (Phi) is 5.71. The molecule has 4 aliphatic rings. The van der Waals surface area contributed by atoms with Crippen LogP contribution in [-0.2, 0) is 0 Å². The van der Waals surface area contributed by atoms with Gasteiger partial charge in [0.1, 0.15) is 0 Å². The van der Waals surface area contributed by atoms with Crippen molar-refractivity contribution in [3.8, 4) is 0 Å². The van der Waals surface area contributed by atoms with Crippen LogP contribution in [-0.4, -0.2) is 85.7 Å². The predicted octanol–water partition coefficient (Wildman–Crippen LogP) is 2.26. The molecule has 144 valence electrons. The molecular formula is C21H40N4. The van der Waals surface area contributed by atoms with Gasteiger partial charge in [-0.1, -0.05) is 0 Å². The molecule has 1 N–H and O–H groups in total. The van der Waals surface area contributed by atoms with Gasteiger partial charge in [-0.2, -0.15) is 0 Å². The van der Waals surface area contributed by atoms with Gasteiger partial charge in [0.2, 0.25) is 0 Å². The summed E-state index contributed by atoms with van der Waals surface area (Å²) in [6.07, 6.45) is 8.73. The van der Waals surface area contributed by atoms with Crippen molar-refractivity contribution in [2.45, 2.75) is 64.5 Å². The second-order valence-corrected chi connectivity index (χ2v) is 9.72. The van der Waals surface area contributed by atoms with Gasteiger partial charge in [-0.25, -0.2) is 0 Å². The lowest BCUT2D eigenvalue weighted by atomic mass is 9.60. The first kappa shape index (κ1) is 18.2. The first-order valence-electron chi connectivity index (χ1n) is 11.0. The highest BCUT2D eigenvalue weighted by atomic mass is 15.3. The van der Waals surface area contributed by atoms with Crippen LogP contribution < -0.4 is 5.32 Å². The van der Waals surface area contributed by atoms with Gasteiger partial charge in [-0.3, -0.25) is 9.80 Å². The Morgan fingerprint density at radius 3 is 2.16 bits per heavy atom. The molecule has 25 heavy (non-hydrogen) atoms.